The molecule has 0 amide bonds. The molecule has 0 saturated heterocycles. The van der Waals surface area contributed by atoms with Crippen molar-refractivity contribution in [3.8, 4) is 0 Å². The van der Waals surface area contributed by atoms with Crippen LogP contribution in [0.2, 0.25) is 0 Å². The van der Waals surface area contributed by atoms with Gasteiger partial charge in [0.1, 0.15) is 0 Å². The molecule has 0 N–H and O–H groups in total. The number of aryl methyl sites for hydroxylation is 1. The van der Waals surface area contributed by atoms with Gasteiger partial charge in [-0.3, -0.25) is 0 Å². The first kappa shape index (κ1) is 11.0. The molecular weight excluding hydrogens is 248 g/mol. The van der Waals surface area contributed by atoms with Crippen molar-refractivity contribution in [2.75, 3.05) is 11.1 Å². The van der Waals surface area contributed by atoms with E-state index < -0.39 is 0 Å². The zero-order valence-electron chi connectivity index (χ0n) is 7.83. The molecule has 0 aliphatic rings. The van der Waals surface area contributed by atoms with E-state index >= 15 is 0 Å². The summed E-state index contributed by atoms with van der Waals surface area (Å²) in [7, 11) is 0. The third-order valence-electron chi connectivity index (χ3n) is 1.52. The highest BCUT2D eigenvalue weighted by molar-refractivity contribution is 9.09. The summed E-state index contributed by atoms with van der Waals surface area (Å²) in [5.74, 6) is 1.73. The molecule has 1 rings (SSSR count). The number of alkyl halides is 1. The molecule has 0 aliphatic carbocycles. The number of halogens is 1. The molecule has 1 atom stereocenters. The molecule has 1 unspecified atom stereocenters. The van der Waals surface area contributed by atoms with E-state index in [0.717, 1.165) is 21.8 Å². The van der Waals surface area contributed by atoms with Crippen molar-refractivity contribution >= 4 is 27.7 Å². The van der Waals surface area contributed by atoms with Gasteiger partial charge in [-0.1, -0.05) is 34.6 Å². The number of hydrogen-bond acceptors (Lipinski definition) is 3. The zero-order valence-corrected chi connectivity index (χ0v) is 10.2. The lowest BCUT2D eigenvalue weighted by molar-refractivity contribution is 0.767. The summed E-state index contributed by atoms with van der Waals surface area (Å²) in [6, 6.07) is 0. The van der Waals surface area contributed by atoms with Crippen molar-refractivity contribution in [1.82, 2.24) is 9.97 Å². The molecule has 0 aliphatic heterocycles. The van der Waals surface area contributed by atoms with Gasteiger partial charge < -0.3 is 0 Å². The number of rotatable bonds is 4. The van der Waals surface area contributed by atoms with Gasteiger partial charge in [0.2, 0.25) is 0 Å². The van der Waals surface area contributed by atoms with Gasteiger partial charge in [0.15, 0.2) is 5.16 Å². The molecule has 0 spiro atoms. The lowest BCUT2D eigenvalue weighted by Crippen LogP contribution is -1.99. The largest absolute Gasteiger partial charge is 0.231 e. The van der Waals surface area contributed by atoms with Crippen LogP contribution in [0, 0.1) is 12.8 Å². The minimum Gasteiger partial charge on any atom is -0.231 e. The fraction of sp³-hybridized carbons (Fsp3) is 0.556. The highest BCUT2D eigenvalue weighted by Gasteiger charge is 2.02. The second-order valence-electron chi connectivity index (χ2n) is 3.11. The van der Waals surface area contributed by atoms with Crippen LogP contribution >= 0.6 is 27.7 Å². The number of aromatic nitrogens is 2. The molecule has 0 fully saturated rings. The van der Waals surface area contributed by atoms with E-state index in [1.807, 2.05) is 19.3 Å². The van der Waals surface area contributed by atoms with Crippen molar-refractivity contribution in [3.05, 3.63) is 18.0 Å². The van der Waals surface area contributed by atoms with Crippen LogP contribution in [0.5, 0.6) is 0 Å². The van der Waals surface area contributed by atoms with E-state index in [-0.39, 0.29) is 0 Å². The summed E-state index contributed by atoms with van der Waals surface area (Å²) in [6.45, 7) is 4.20. The Hall–Kier alpha value is -0.0900. The summed E-state index contributed by atoms with van der Waals surface area (Å²) >= 11 is 5.16. The van der Waals surface area contributed by atoms with Gasteiger partial charge in [0.25, 0.3) is 0 Å². The highest BCUT2D eigenvalue weighted by Crippen LogP contribution is 2.16. The van der Waals surface area contributed by atoms with Gasteiger partial charge in [-0.05, 0) is 18.4 Å². The first-order valence-electron chi connectivity index (χ1n) is 4.19. The summed E-state index contributed by atoms with van der Waals surface area (Å²) < 4.78 is 0. The number of hydrogen-bond donors (Lipinski definition) is 0. The first-order valence-corrected chi connectivity index (χ1v) is 6.30. The average molecular weight is 261 g/mol. The smallest absolute Gasteiger partial charge is 0.187 e. The Morgan fingerprint density at radius 1 is 1.46 bits per heavy atom. The summed E-state index contributed by atoms with van der Waals surface area (Å²) in [5, 5.41) is 1.91. The SMILES string of the molecule is Cc1cnc(SCC(C)CBr)nc1. The number of thioether (sulfide) groups is 1. The van der Waals surface area contributed by atoms with E-state index in [1.54, 1.807) is 11.8 Å². The average Bonchev–Trinajstić information content (AvgIpc) is 2.16. The van der Waals surface area contributed by atoms with E-state index in [4.69, 9.17) is 0 Å². The van der Waals surface area contributed by atoms with Gasteiger partial charge in [-0.25, -0.2) is 9.97 Å². The first-order chi connectivity index (χ1) is 6.22. The fourth-order valence-electron chi connectivity index (χ4n) is 0.717. The molecular formula is C9H13BrN2S. The van der Waals surface area contributed by atoms with Gasteiger partial charge in [0, 0.05) is 23.5 Å². The van der Waals surface area contributed by atoms with Crippen molar-refractivity contribution in [1.29, 1.82) is 0 Å². The Bertz CT molecular complexity index is 250. The molecule has 1 aromatic heterocycles. The third kappa shape index (κ3) is 4.09. The van der Waals surface area contributed by atoms with Gasteiger partial charge in [-0.15, -0.1) is 0 Å². The standard InChI is InChI=1S/C9H13BrN2S/c1-7(3-10)6-13-9-11-4-8(2)5-12-9/h4-5,7H,3,6H2,1-2H3. The molecule has 1 aromatic rings. The Morgan fingerprint density at radius 3 is 2.62 bits per heavy atom. The molecule has 0 saturated carbocycles. The molecule has 4 heteroatoms. The van der Waals surface area contributed by atoms with Crippen LogP contribution in [0.25, 0.3) is 0 Å². The van der Waals surface area contributed by atoms with Gasteiger partial charge in [0.05, 0.1) is 0 Å². The third-order valence-corrected chi connectivity index (χ3v) is 3.83. The quantitative estimate of drug-likeness (QED) is 0.473. The Labute approximate surface area is 91.7 Å². The molecule has 2 nitrogen and oxygen atoms in total. The predicted octanol–water partition coefficient (Wildman–Crippen LogP) is 2.91. The minimum absolute atomic E-state index is 0.662. The van der Waals surface area contributed by atoms with Crippen LogP contribution in [-0.2, 0) is 0 Å². The van der Waals surface area contributed by atoms with Crippen LogP contribution in [0.15, 0.2) is 17.6 Å². The summed E-state index contributed by atoms with van der Waals surface area (Å²) in [4.78, 5) is 8.44. The lowest BCUT2D eigenvalue weighted by atomic mass is 10.3. The predicted molar refractivity (Wildman–Crippen MR) is 60.5 cm³/mol. The van der Waals surface area contributed by atoms with E-state index in [2.05, 4.69) is 32.8 Å². The lowest BCUT2D eigenvalue weighted by Gasteiger charge is -2.05. The zero-order chi connectivity index (χ0) is 9.68. The van der Waals surface area contributed by atoms with Gasteiger partial charge >= 0.3 is 0 Å². The molecule has 1 heterocycles. The van der Waals surface area contributed by atoms with Crippen LogP contribution in [0.3, 0.4) is 0 Å². The van der Waals surface area contributed by atoms with Crippen LogP contribution < -0.4 is 0 Å². The van der Waals surface area contributed by atoms with Crippen LogP contribution in [0.4, 0.5) is 0 Å². The Morgan fingerprint density at radius 2 is 2.08 bits per heavy atom. The second kappa shape index (κ2) is 5.60. The monoisotopic (exact) mass is 260 g/mol. The van der Waals surface area contributed by atoms with E-state index in [1.165, 1.54) is 0 Å². The number of nitrogens with zero attached hydrogens (tertiary/aromatic N) is 2. The normalized spacial score (nSPS) is 12.8. The Balaban J connectivity index is 2.41. The topological polar surface area (TPSA) is 25.8 Å². The Kier molecular flexibility index (Phi) is 4.73. The molecule has 13 heavy (non-hydrogen) atoms. The molecule has 0 radical (unpaired) electrons. The van der Waals surface area contributed by atoms with Crippen molar-refractivity contribution in [3.63, 3.8) is 0 Å². The van der Waals surface area contributed by atoms with Gasteiger partial charge in [-0.2, -0.15) is 0 Å². The minimum atomic E-state index is 0.662. The van der Waals surface area contributed by atoms with Crippen molar-refractivity contribution < 1.29 is 0 Å². The maximum atomic E-state index is 4.22. The summed E-state index contributed by atoms with van der Waals surface area (Å²) in [6.07, 6.45) is 3.71. The maximum Gasteiger partial charge on any atom is 0.187 e. The second-order valence-corrected chi connectivity index (χ2v) is 4.75. The maximum absolute atomic E-state index is 4.22. The van der Waals surface area contributed by atoms with Crippen molar-refractivity contribution in [2.45, 2.75) is 19.0 Å². The molecule has 72 valence electrons. The van der Waals surface area contributed by atoms with E-state index in [9.17, 15) is 0 Å². The van der Waals surface area contributed by atoms with Crippen LogP contribution in [0.1, 0.15) is 12.5 Å². The fourth-order valence-corrected chi connectivity index (χ4v) is 2.05. The molecule has 0 aromatic carbocycles. The van der Waals surface area contributed by atoms with Crippen molar-refractivity contribution in [2.24, 2.45) is 5.92 Å². The van der Waals surface area contributed by atoms with E-state index in [0.29, 0.717) is 5.92 Å². The summed E-state index contributed by atoms with van der Waals surface area (Å²) in [5.41, 5.74) is 1.11. The highest BCUT2D eigenvalue weighted by atomic mass is 79.9. The van der Waals surface area contributed by atoms with Crippen LogP contribution in [-0.4, -0.2) is 21.1 Å². The molecule has 0 bridgehead atoms.